The van der Waals surface area contributed by atoms with Gasteiger partial charge >= 0.3 is 0 Å². The number of ether oxygens (including phenoxy) is 1. The summed E-state index contributed by atoms with van der Waals surface area (Å²) in [4.78, 5) is 11.7. The summed E-state index contributed by atoms with van der Waals surface area (Å²) < 4.78 is 6.67. The molecule has 92 valence electrons. The maximum atomic E-state index is 11.7. The number of aryl methyl sites for hydroxylation is 1. The first-order valence-electron chi connectivity index (χ1n) is 5.79. The molecule has 2 rings (SSSR count). The average molecular weight is 298 g/mol. The Kier molecular flexibility index (Phi) is 3.72. The summed E-state index contributed by atoms with van der Waals surface area (Å²) in [6.07, 6.45) is 1.74. The van der Waals surface area contributed by atoms with Crippen molar-refractivity contribution in [1.29, 1.82) is 0 Å². The van der Waals surface area contributed by atoms with Gasteiger partial charge < -0.3 is 10.1 Å². The fourth-order valence-electron chi connectivity index (χ4n) is 1.54. The van der Waals surface area contributed by atoms with E-state index in [-0.39, 0.29) is 5.91 Å². The van der Waals surface area contributed by atoms with E-state index in [1.165, 1.54) is 0 Å². The van der Waals surface area contributed by atoms with Gasteiger partial charge in [-0.1, -0.05) is 15.9 Å². The first kappa shape index (κ1) is 12.4. The van der Waals surface area contributed by atoms with Gasteiger partial charge in [-0.3, -0.25) is 4.79 Å². The molecular weight excluding hydrogens is 282 g/mol. The highest BCUT2D eigenvalue weighted by Crippen LogP contribution is 2.23. The predicted octanol–water partition coefficient (Wildman–Crippen LogP) is 2.80. The molecule has 1 fully saturated rings. The lowest BCUT2D eigenvalue weighted by molar-refractivity contribution is -0.127. The fourth-order valence-corrected chi connectivity index (χ4v) is 2.01. The molecule has 3 nitrogen and oxygen atoms in total. The minimum Gasteiger partial charge on any atom is -0.481 e. The highest BCUT2D eigenvalue weighted by molar-refractivity contribution is 9.10. The van der Waals surface area contributed by atoms with E-state index >= 15 is 0 Å². The second kappa shape index (κ2) is 5.08. The summed E-state index contributed by atoms with van der Waals surface area (Å²) in [5, 5.41) is 2.93. The van der Waals surface area contributed by atoms with Crippen LogP contribution in [0.25, 0.3) is 0 Å². The molecule has 1 saturated carbocycles. The van der Waals surface area contributed by atoms with Crippen LogP contribution in [0.3, 0.4) is 0 Å². The number of hydrogen-bond acceptors (Lipinski definition) is 2. The van der Waals surface area contributed by atoms with E-state index < -0.39 is 6.10 Å². The van der Waals surface area contributed by atoms with Crippen LogP contribution in [0.5, 0.6) is 5.75 Å². The van der Waals surface area contributed by atoms with Gasteiger partial charge in [-0.25, -0.2) is 0 Å². The number of hydrogen-bond donors (Lipinski definition) is 1. The van der Waals surface area contributed by atoms with Crippen molar-refractivity contribution in [3.05, 3.63) is 28.2 Å². The molecule has 1 aliphatic carbocycles. The Morgan fingerprint density at radius 3 is 2.82 bits per heavy atom. The first-order chi connectivity index (χ1) is 8.06. The Labute approximate surface area is 110 Å². The third-order valence-corrected chi connectivity index (χ3v) is 3.23. The van der Waals surface area contributed by atoms with Gasteiger partial charge in [0, 0.05) is 10.5 Å². The smallest absolute Gasteiger partial charge is 0.260 e. The molecule has 1 unspecified atom stereocenters. The summed E-state index contributed by atoms with van der Waals surface area (Å²) in [7, 11) is 0. The van der Waals surface area contributed by atoms with Gasteiger partial charge in [-0.2, -0.15) is 0 Å². The number of benzene rings is 1. The summed E-state index contributed by atoms with van der Waals surface area (Å²) in [5.41, 5.74) is 1.02. The fraction of sp³-hybridized carbons (Fsp3) is 0.462. The van der Waals surface area contributed by atoms with E-state index in [1.807, 2.05) is 25.1 Å². The minimum absolute atomic E-state index is 0.0326. The van der Waals surface area contributed by atoms with E-state index in [4.69, 9.17) is 4.74 Å². The molecule has 1 aromatic rings. The molecule has 0 spiro atoms. The van der Waals surface area contributed by atoms with E-state index in [2.05, 4.69) is 21.2 Å². The number of carbonyl (C=O) groups is 1. The maximum absolute atomic E-state index is 11.7. The predicted molar refractivity (Wildman–Crippen MR) is 70.1 cm³/mol. The Hall–Kier alpha value is -1.03. The van der Waals surface area contributed by atoms with Gasteiger partial charge in [-0.15, -0.1) is 0 Å². The van der Waals surface area contributed by atoms with Crippen molar-refractivity contribution >= 4 is 21.8 Å². The number of halogens is 1. The molecule has 1 N–H and O–H groups in total. The van der Waals surface area contributed by atoms with Gasteiger partial charge in [0.05, 0.1) is 0 Å². The second-order valence-corrected chi connectivity index (χ2v) is 5.37. The monoisotopic (exact) mass is 297 g/mol. The summed E-state index contributed by atoms with van der Waals surface area (Å²) in [6, 6.07) is 6.13. The molecule has 0 aromatic heterocycles. The number of rotatable bonds is 4. The normalized spacial score (nSPS) is 16.4. The van der Waals surface area contributed by atoms with Crippen LogP contribution in [0.2, 0.25) is 0 Å². The van der Waals surface area contributed by atoms with Crippen LogP contribution in [0, 0.1) is 6.92 Å². The van der Waals surface area contributed by atoms with Crippen LogP contribution in [0.1, 0.15) is 25.3 Å². The Morgan fingerprint density at radius 1 is 1.53 bits per heavy atom. The zero-order chi connectivity index (χ0) is 12.4. The highest BCUT2D eigenvalue weighted by Gasteiger charge is 2.26. The number of carbonyl (C=O) groups excluding carboxylic acids is 1. The van der Waals surface area contributed by atoms with Gasteiger partial charge in [0.2, 0.25) is 0 Å². The third-order valence-electron chi connectivity index (χ3n) is 2.73. The van der Waals surface area contributed by atoms with Crippen LogP contribution in [-0.2, 0) is 4.79 Å². The van der Waals surface area contributed by atoms with Gasteiger partial charge in [0.1, 0.15) is 5.75 Å². The quantitative estimate of drug-likeness (QED) is 0.928. The molecule has 0 bridgehead atoms. The van der Waals surface area contributed by atoms with Crippen molar-refractivity contribution in [2.24, 2.45) is 0 Å². The van der Waals surface area contributed by atoms with E-state index in [0.717, 1.165) is 28.6 Å². The van der Waals surface area contributed by atoms with Crippen LogP contribution in [0.15, 0.2) is 22.7 Å². The molecule has 1 aromatic carbocycles. The Bertz CT molecular complexity index is 429. The van der Waals surface area contributed by atoms with E-state index in [0.29, 0.717) is 6.04 Å². The molecule has 0 heterocycles. The van der Waals surface area contributed by atoms with E-state index in [1.54, 1.807) is 6.92 Å². The Balaban J connectivity index is 1.96. The summed E-state index contributed by atoms with van der Waals surface area (Å²) in [6.45, 7) is 3.74. The lowest BCUT2D eigenvalue weighted by Crippen LogP contribution is -2.37. The van der Waals surface area contributed by atoms with Crippen LogP contribution < -0.4 is 10.1 Å². The van der Waals surface area contributed by atoms with Crippen LogP contribution in [-0.4, -0.2) is 18.1 Å². The first-order valence-corrected chi connectivity index (χ1v) is 6.59. The van der Waals surface area contributed by atoms with Crippen molar-refractivity contribution < 1.29 is 9.53 Å². The minimum atomic E-state index is -0.449. The number of nitrogens with one attached hydrogen (secondary N) is 1. The lowest BCUT2D eigenvalue weighted by Gasteiger charge is -2.16. The molecule has 1 atom stereocenters. The standard InChI is InChI=1S/C13H16BrNO2/c1-8-7-10(14)3-6-12(8)17-9(2)13(16)15-11-4-5-11/h3,6-7,9,11H,4-5H2,1-2H3,(H,15,16). The SMILES string of the molecule is Cc1cc(Br)ccc1OC(C)C(=O)NC1CC1. The Morgan fingerprint density at radius 2 is 2.24 bits per heavy atom. The molecule has 4 heteroatoms. The highest BCUT2D eigenvalue weighted by atomic mass is 79.9. The zero-order valence-corrected chi connectivity index (χ0v) is 11.6. The topological polar surface area (TPSA) is 38.3 Å². The zero-order valence-electron chi connectivity index (χ0n) is 10.00. The van der Waals surface area contributed by atoms with Gasteiger partial charge in [0.25, 0.3) is 5.91 Å². The lowest BCUT2D eigenvalue weighted by atomic mass is 10.2. The van der Waals surface area contributed by atoms with Crippen molar-refractivity contribution in [1.82, 2.24) is 5.32 Å². The van der Waals surface area contributed by atoms with Gasteiger partial charge in [0.15, 0.2) is 6.10 Å². The van der Waals surface area contributed by atoms with Crippen molar-refractivity contribution in [3.8, 4) is 5.75 Å². The average Bonchev–Trinajstić information content (AvgIpc) is 3.06. The molecule has 17 heavy (non-hydrogen) atoms. The summed E-state index contributed by atoms with van der Waals surface area (Å²) >= 11 is 3.40. The second-order valence-electron chi connectivity index (χ2n) is 4.45. The van der Waals surface area contributed by atoms with Crippen molar-refractivity contribution in [2.45, 2.75) is 38.8 Å². The summed E-state index contributed by atoms with van der Waals surface area (Å²) in [5.74, 6) is 0.724. The molecular formula is C13H16BrNO2. The maximum Gasteiger partial charge on any atom is 0.260 e. The third kappa shape index (κ3) is 3.46. The molecule has 1 aliphatic rings. The van der Waals surface area contributed by atoms with Crippen LogP contribution >= 0.6 is 15.9 Å². The van der Waals surface area contributed by atoms with E-state index in [9.17, 15) is 4.79 Å². The molecule has 0 saturated heterocycles. The van der Waals surface area contributed by atoms with Crippen molar-refractivity contribution in [3.63, 3.8) is 0 Å². The van der Waals surface area contributed by atoms with Gasteiger partial charge in [-0.05, 0) is 50.5 Å². The van der Waals surface area contributed by atoms with Crippen LogP contribution in [0.4, 0.5) is 0 Å². The molecule has 0 aliphatic heterocycles. The molecule has 1 amide bonds. The molecule has 0 radical (unpaired) electrons. The van der Waals surface area contributed by atoms with Crippen molar-refractivity contribution in [2.75, 3.05) is 0 Å². The number of amides is 1. The largest absolute Gasteiger partial charge is 0.481 e.